The van der Waals surface area contributed by atoms with Crippen molar-refractivity contribution in [2.45, 2.75) is 52.0 Å². The molecule has 1 unspecified atom stereocenters. The van der Waals surface area contributed by atoms with E-state index in [1.165, 1.54) is 5.56 Å². The summed E-state index contributed by atoms with van der Waals surface area (Å²) < 4.78 is 0. The first kappa shape index (κ1) is 16.5. The topological polar surface area (TPSA) is 49.4 Å². The van der Waals surface area contributed by atoms with Gasteiger partial charge in [-0.15, -0.1) is 0 Å². The summed E-state index contributed by atoms with van der Waals surface area (Å²) in [5.41, 5.74) is 2.37. The molecule has 120 valence electrons. The second-order valence-corrected chi connectivity index (χ2v) is 5.94. The molecular formula is C18H26N2O2. The minimum absolute atomic E-state index is 0.0315. The average Bonchev–Trinajstić information content (AvgIpc) is 2.51. The van der Waals surface area contributed by atoms with Crippen molar-refractivity contribution in [3.05, 3.63) is 35.4 Å². The van der Waals surface area contributed by atoms with Crippen LogP contribution in [0.4, 0.5) is 0 Å². The Hall–Kier alpha value is -1.84. The molecule has 1 N–H and O–H groups in total. The molecule has 4 heteroatoms. The Balaban J connectivity index is 2.04. The van der Waals surface area contributed by atoms with E-state index >= 15 is 0 Å². The number of rotatable bonds is 6. The molecule has 2 amide bonds. The molecule has 2 rings (SSSR count). The highest BCUT2D eigenvalue weighted by Gasteiger charge is 2.30. The van der Waals surface area contributed by atoms with E-state index in [0.29, 0.717) is 13.0 Å². The number of nitrogens with zero attached hydrogens (tertiary/aromatic N) is 1. The van der Waals surface area contributed by atoms with Crippen LogP contribution in [0.3, 0.4) is 0 Å². The average molecular weight is 302 g/mol. The van der Waals surface area contributed by atoms with Gasteiger partial charge in [0.15, 0.2) is 0 Å². The van der Waals surface area contributed by atoms with Gasteiger partial charge in [0.05, 0.1) is 12.5 Å². The van der Waals surface area contributed by atoms with E-state index in [-0.39, 0.29) is 17.9 Å². The maximum atomic E-state index is 12.2. The number of benzene rings is 1. The lowest BCUT2D eigenvalue weighted by Gasteiger charge is -2.36. The summed E-state index contributed by atoms with van der Waals surface area (Å²) in [6.45, 7) is 5.15. The minimum Gasteiger partial charge on any atom is -0.356 e. The van der Waals surface area contributed by atoms with E-state index in [9.17, 15) is 9.59 Å². The lowest BCUT2D eigenvalue weighted by Crippen LogP contribution is -2.41. The summed E-state index contributed by atoms with van der Waals surface area (Å²) in [6, 6.07) is 8.01. The molecule has 0 saturated carbocycles. The van der Waals surface area contributed by atoms with Crippen molar-refractivity contribution in [1.82, 2.24) is 10.2 Å². The van der Waals surface area contributed by atoms with Crippen molar-refractivity contribution in [2.75, 3.05) is 13.1 Å². The number of amides is 2. The van der Waals surface area contributed by atoms with Gasteiger partial charge in [-0.05, 0) is 24.0 Å². The number of nitrogens with one attached hydrogen (secondary N) is 1. The zero-order valence-corrected chi connectivity index (χ0v) is 13.6. The molecule has 1 aromatic rings. The van der Waals surface area contributed by atoms with Gasteiger partial charge in [-0.3, -0.25) is 9.59 Å². The van der Waals surface area contributed by atoms with Crippen molar-refractivity contribution in [3.63, 3.8) is 0 Å². The fourth-order valence-electron chi connectivity index (χ4n) is 3.10. The number of hydrogen-bond acceptors (Lipinski definition) is 2. The highest BCUT2D eigenvalue weighted by molar-refractivity contribution is 5.79. The third kappa shape index (κ3) is 4.09. The molecule has 0 spiro atoms. The molecule has 4 nitrogen and oxygen atoms in total. The van der Waals surface area contributed by atoms with E-state index in [1.54, 1.807) is 6.92 Å². The Morgan fingerprint density at radius 2 is 2.05 bits per heavy atom. The number of hydrogen-bond donors (Lipinski definition) is 1. The Labute approximate surface area is 132 Å². The second kappa shape index (κ2) is 7.97. The largest absolute Gasteiger partial charge is 0.356 e. The first-order chi connectivity index (χ1) is 10.6. The second-order valence-electron chi connectivity index (χ2n) is 5.94. The molecule has 0 fully saturated rings. The van der Waals surface area contributed by atoms with Gasteiger partial charge in [-0.1, -0.05) is 44.0 Å². The summed E-state index contributed by atoms with van der Waals surface area (Å²) >= 11 is 0. The van der Waals surface area contributed by atoms with Gasteiger partial charge in [-0.2, -0.15) is 0 Å². The van der Waals surface area contributed by atoms with Gasteiger partial charge in [0, 0.05) is 20.0 Å². The van der Waals surface area contributed by atoms with Crippen molar-refractivity contribution in [1.29, 1.82) is 0 Å². The lowest BCUT2D eigenvalue weighted by molar-refractivity contribution is -0.133. The summed E-state index contributed by atoms with van der Waals surface area (Å²) in [5, 5.41) is 2.98. The van der Waals surface area contributed by atoms with Crippen LogP contribution in [0.1, 0.15) is 56.7 Å². The van der Waals surface area contributed by atoms with Crippen LogP contribution >= 0.6 is 0 Å². The zero-order chi connectivity index (χ0) is 15.9. The molecule has 1 atom stereocenters. The highest BCUT2D eigenvalue weighted by Crippen LogP contribution is 2.32. The van der Waals surface area contributed by atoms with Gasteiger partial charge >= 0.3 is 0 Å². The summed E-state index contributed by atoms with van der Waals surface area (Å²) in [5.74, 6) is 0.0716. The molecule has 0 radical (unpaired) electrons. The molecule has 1 aliphatic rings. The van der Waals surface area contributed by atoms with Crippen LogP contribution in [0.2, 0.25) is 0 Å². The van der Waals surface area contributed by atoms with Gasteiger partial charge in [0.1, 0.15) is 0 Å². The SMILES string of the molecule is CCCCCNC(=O)CC1c2ccccc2CCN1C(C)=O. The van der Waals surface area contributed by atoms with Crippen molar-refractivity contribution < 1.29 is 9.59 Å². The van der Waals surface area contributed by atoms with Crippen LogP contribution in [0, 0.1) is 0 Å². The smallest absolute Gasteiger partial charge is 0.222 e. The number of fused-ring (bicyclic) bond motifs is 1. The maximum absolute atomic E-state index is 12.2. The fourth-order valence-corrected chi connectivity index (χ4v) is 3.10. The molecule has 0 aromatic heterocycles. The van der Waals surface area contributed by atoms with Crippen LogP contribution in [0.5, 0.6) is 0 Å². The molecule has 1 aliphatic heterocycles. The number of carbonyl (C=O) groups excluding carboxylic acids is 2. The molecule has 0 bridgehead atoms. The van der Waals surface area contributed by atoms with E-state index in [4.69, 9.17) is 0 Å². The predicted molar refractivity (Wildman–Crippen MR) is 87.4 cm³/mol. The lowest BCUT2D eigenvalue weighted by atomic mass is 9.90. The zero-order valence-electron chi connectivity index (χ0n) is 13.6. The van der Waals surface area contributed by atoms with Crippen molar-refractivity contribution >= 4 is 11.8 Å². The minimum atomic E-state index is -0.131. The Kier molecular flexibility index (Phi) is 5.99. The van der Waals surface area contributed by atoms with Gasteiger partial charge < -0.3 is 10.2 Å². The highest BCUT2D eigenvalue weighted by atomic mass is 16.2. The molecule has 0 saturated heterocycles. The monoisotopic (exact) mass is 302 g/mol. The maximum Gasteiger partial charge on any atom is 0.222 e. The number of carbonyl (C=O) groups is 2. The van der Waals surface area contributed by atoms with Gasteiger partial charge in [-0.25, -0.2) is 0 Å². The van der Waals surface area contributed by atoms with E-state index in [2.05, 4.69) is 18.3 Å². The third-order valence-corrected chi connectivity index (χ3v) is 4.30. The summed E-state index contributed by atoms with van der Waals surface area (Å²) in [6.07, 6.45) is 4.50. The quantitative estimate of drug-likeness (QED) is 0.822. The normalized spacial score (nSPS) is 17.0. The van der Waals surface area contributed by atoms with E-state index < -0.39 is 0 Å². The van der Waals surface area contributed by atoms with E-state index in [0.717, 1.165) is 37.8 Å². The van der Waals surface area contributed by atoms with Crippen LogP contribution in [-0.2, 0) is 16.0 Å². The van der Waals surface area contributed by atoms with Crippen molar-refractivity contribution in [3.8, 4) is 0 Å². The van der Waals surface area contributed by atoms with Gasteiger partial charge in [0.2, 0.25) is 11.8 Å². The third-order valence-electron chi connectivity index (χ3n) is 4.30. The van der Waals surface area contributed by atoms with Crippen LogP contribution in [0.25, 0.3) is 0 Å². The number of unbranched alkanes of at least 4 members (excludes halogenated alkanes) is 2. The Morgan fingerprint density at radius 3 is 2.77 bits per heavy atom. The first-order valence-electron chi connectivity index (χ1n) is 8.25. The van der Waals surface area contributed by atoms with Gasteiger partial charge in [0.25, 0.3) is 0 Å². The van der Waals surface area contributed by atoms with E-state index in [1.807, 2.05) is 23.1 Å². The fraction of sp³-hybridized carbons (Fsp3) is 0.556. The van der Waals surface area contributed by atoms with Crippen molar-refractivity contribution in [2.24, 2.45) is 0 Å². The Bertz CT molecular complexity index is 528. The molecular weight excluding hydrogens is 276 g/mol. The molecule has 1 aromatic carbocycles. The standard InChI is InChI=1S/C18H26N2O2/c1-3-4-7-11-19-18(22)13-17-16-9-6-5-8-15(16)10-12-20(17)14(2)21/h5-6,8-9,17H,3-4,7,10-13H2,1-2H3,(H,19,22). The van der Waals surface area contributed by atoms with Crippen LogP contribution < -0.4 is 5.32 Å². The molecule has 1 heterocycles. The Morgan fingerprint density at radius 1 is 1.27 bits per heavy atom. The molecule has 0 aliphatic carbocycles. The van der Waals surface area contributed by atoms with Crippen LogP contribution in [-0.4, -0.2) is 29.8 Å². The van der Waals surface area contributed by atoms with Crippen LogP contribution in [0.15, 0.2) is 24.3 Å². The predicted octanol–water partition coefficient (Wildman–Crippen LogP) is 2.83. The molecule has 22 heavy (non-hydrogen) atoms. The summed E-state index contributed by atoms with van der Waals surface area (Å²) in [7, 11) is 0. The first-order valence-corrected chi connectivity index (χ1v) is 8.25. The summed E-state index contributed by atoms with van der Waals surface area (Å²) in [4.78, 5) is 25.9.